The van der Waals surface area contributed by atoms with Gasteiger partial charge in [0, 0.05) is 53.5 Å². The Morgan fingerprint density at radius 2 is 1.71 bits per heavy atom. The third-order valence-corrected chi connectivity index (χ3v) is 9.36. The minimum atomic E-state index is -4.84. The number of hydrogen-bond donors (Lipinski definition) is 4. The van der Waals surface area contributed by atoms with Crippen LogP contribution in [0, 0.1) is 25.2 Å². The van der Waals surface area contributed by atoms with E-state index in [9.17, 15) is 27.7 Å². The summed E-state index contributed by atoms with van der Waals surface area (Å²) in [6.45, 7) is 16.7. The van der Waals surface area contributed by atoms with Gasteiger partial charge in [0.15, 0.2) is 10.7 Å². The van der Waals surface area contributed by atoms with Gasteiger partial charge in [0.05, 0.1) is 10.9 Å². The van der Waals surface area contributed by atoms with Crippen LogP contribution in [-0.4, -0.2) is 49.6 Å². The molecule has 0 atom stereocenters. The number of carbonyl (C=O) groups is 2. The summed E-state index contributed by atoms with van der Waals surface area (Å²) in [6.07, 6.45) is 0. The summed E-state index contributed by atoms with van der Waals surface area (Å²) in [4.78, 5) is 29.8. The second kappa shape index (κ2) is 12.6. The molecule has 0 aromatic heterocycles. The summed E-state index contributed by atoms with van der Waals surface area (Å²) in [7, 11) is -4.84. The maximum Gasteiger partial charge on any atom is 0.336 e. The van der Waals surface area contributed by atoms with Crippen LogP contribution in [0.5, 0.6) is 0 Å². The third-order valence-electron chi connectivity index (χ3n) is 8.47. The molecule has 0 fully saturated rings. The number of amides is 1. The number of aromatic carboxylic acids is 1. The smallest absolute Gasteiger partial charge is 0.336 e. The standard InChI is InChI=1S/C34H41N3O7S/c1-9-35-26-16-27-24(13-19(26)5)28(25-14-20(6)29(36-10-2)31(30(25)44-27)45(41,42)43)22-12-11-21(15-23(22)33(39)40)32(38)37-17-34(7,8)18(3)4/h11-16,18,35H,9-10,17H2,1-8H3,(H,37,38)(H,39,40)(H,41,42,43)/b36-29+. The molecule has 240 valence electrons. The van der Waals surface area contributed by atoms with Gasteiger partial charge in [-0.3, -0.25) is 14.3 Å². The third kappa shape index (κ3) is 6.60. The molecule has 0 unspecified atom stereocenters. The molecular formula is C34H41N3O7S. The summed E-state index contributed by atoms with van der Waals surface area (Å²) in [5.41, 5.74) is 3.08. The van der Waals surface area contributed by atoms with Crippen LogP contribution in [0.2, 0.25) is 0 Å². The van der Waals surface area contributed by atoms with Gasteiger partial charge in [-0.15, -0.1) is 0 Å². The molecule has 0 saturated heterocycles. The monoisotopic (exact) mass is 635 g/mol. The molecule has 0 spiro atoms. The van der Waals surface area contributed by atoms with Crippen molar-refractivity contribution in [1.29, 1.82) is 0 Å². The molecule has 1 aliphatic carbocycles. The molecule has 1 aliphatic heterocycles. The SMILES string of the molecule is CC/N=c1\c(C)cc2c(-c3ccc(C(=O)NCC(C)(C)C(C)C)cc3C(=O)O)c3cc(C)c(NCC)cc3oc-2c1S(=O)(=O)O. The fourth-order valence-electron chi connectivity index (χ4n) is 5.23. The fourth-order valence-corrected chi connectivity index (χ4v) is 6.08. The lowest BCUT2D eigenvalue weighted by atomic mass is 9.81. The minimum Gasteiger partial charge on any atom is -0.478 e. The lowest BCUT2D eigenvalue weighted by molar-refractivity contribution is 0.0697. The van der Waals surface area contributed by atoms with Crippen LogP contribution in [-0.2, 0) is 10.1 Å². The molecule has 45 heavy (non-hydrogen) atoms. The first-order chi connectivity index (χ1) is 21.0. The molecule has 1 amide bonds. The Hall–Kier alpha value is -4.22. The Morgan fingerprint density at radius 1 is 1.02 bits per heavy atom. The van der Waals surface area contributed by atoms with E-state index in [0.717, 1.165) is 11.3 Å². The van der Waals surface area contributed by atoms with Gasteiger partial charge in [0.2, 0.25) is 0 Å². The lowest BCUT2D eigenvalue weighted by Crippen LogP contribution is -2.37. The first kappa shape index (κ1) is 33.7. The maximum atomic E-state index is 13.2. The van der Waals surface area contributed by atoms with E-state index in [1.807, 2.05) is 33.8 Å². The van der Waals surface area contributed by atoms with Crippen LogP contribution in [0.15, 0.2) is 50.7 Å². The molecular weight excluding hydrogens is 594 g/mol. The number of aryl methyl sites for hydroxylation is 2. The van der Waals surface area contributed by atoms with Crippen LogP contribution in [0.25, 0.3) is 33.4 Å². The van der Waals surface area contributed by atoms with Crippen molar-refractivity contribution >= 4 is 38.7 Å². The number of nitrogens with one attached hydrogen (secondary N) is 2. The Kier molecular flexibility index (Phi) is 9.46. The highest BCUT2D eigenvalue weighted by Gasteiger charge is 2.31. The van der Waals surface area contributed by atoms with Gasteiger partial charge in [-0.2, -0.15) is 8.42 Å². The number of hydrogen-bond acceptors (Lipinski definition) is 7. The van der Waals surface area contributed by atoms with Crippen molar-refractivity contribution in [2.45, 2.75) is 60.3 Å². The molecule has 10 nitrogen and oxygen atoms in total. The highest BCUT2D eigenvalue weighted by Crippen LogP contribution is 2.45. The zero-order chi connectivity index (χ0) is 33.4. The van der Waals surface area contributed by atoms with Crippen LogP contribution in [0.4, 0.5) is 5.69 Å². The molecule has 1 heterocycles. The Bertz CT molecular complexity index is 1960. The van der Waals surface area contributed by atoms with E-state index in [1.165, 1.54) is 6.07 Å². The van der Waals surface area contributed by atoms with Gasteiger partial charge in [-0.25, -0.2) is 4.79 Å². The van der Waals surface area contributed by atoms with Crippen molar-refractivity contribution in [2.24, 2.45) is 16.3 Å². The lowest BCUT2D eigenvalue weighted by Gasteiger charge is -2.29. The summed E-state index contributed by atoms with van der Waals surface area (Å²) in [6, 6.07) is 9.69. The average Bonchev–Trinajstić information content (AvgIpc) is 2.95. The van der Waals surface area contributed by atoms with E-state index in [2.05, 4.69) is 29.5 Å². The summed E-state index contributed by atoms with van der Waals surface area (Å²) < 4.78 is 42.4. The van der Waals surface area contributed by atoms with Crippen molar-refractivity contribution < 1.29 is 32.1 Å². The zero-order valence-electron chi connectivity index (χ0n) is 27.0. The van der Waals surface area contributed by atoms with Crippen LogP contribution in [0.3, 0.4) is 0 Å². The zero-order valence-corrected chi connectivity index (χ0v) is 27.8. The van der Waals surface area contributed by atoms with Crippen LogP contribution >= 0.6 is 0 Å². The Morgan fingerprint density at radius 3 is 2.29 bits per heavy atom. The van der Waals surface area contributed by atoms with Gasteiger partial charge >= 0.3 is 5.97 Å². The van der Waals surface area contributed by atoms with Gasteiger partial charge in [0.1, 0.15) is 5.58 Å². The van der Waals surface area contributed by atoms with Crippen molar-refractivity contribution in [1.82, 2.24) is 5.32 Å². The first-order valence-corrected chi connectivity index (χ1v) is 16.4. The Balaban J connectivity index is 2.10. The van der Waals surface area contributed by atoms with E-state index >= 15 is 0 Å². The van der Waals surface area contributed by atoms with E-state index in [4.69, 9.17) is 4.42 Å². The predicted octanol–water partition coefficient (Wildman–Crippen LogP) is 6.53. The average molecular weight is 636 g/mol. The van der Waals surface area contributed by atoms with Crippen molar-refractivity contribution in [3.05, 3.63) is 64.0 Å². The molecule has 4 N–H and O–H groups in total. The van der Waals surface area contributed by atoms with Crippen molar-refractivity contribution in [3.8, 4) is 22.5 Å². The number of nitrogens with zero attached hydrogens (tertiary/aromatic N) is 1. The van der Waals surface area contributed by atoms with Gasteiger partial charge in [-0.1, -0.05) is 33.8 Å². The number of rotatable bonds is 10. The largest absolute Gasteiger partial charge is 0.478 e. The Labute approximate surface area is 263 Å². The molecule has 0 bridgehead atoms. The molecule has 4 rings (SSSR count). The van der Waals surface area contributed by atoms with Crippen LogP contribution in [0.1, 0.15) is 73.4 Å². The number of carbonyl (C=O) groups excluding carboxylic acids is 1. The minimum absolute atomic E-state index is 0.0652. The second-order valence-corrected chi connectivity index (χ2v) is 13.6. The maximum absolute atomic E-state index is 13.2. The number of carboxylic acid groups (broad SMARTS) is 1. The van der Waals surface area contributed by atoms with E-state index < -0.39 is 26.9 Å². The normalized spacial score (nSPS) is 12.7. The molecule has 0 saturated carbocycles. The predicted molar refractivity (Wildman–Crippen MR) is 176 cm³/mol. The van der Waals surface area contributed by atoms with Gasteiger partial charge < -0.3 is 20.2 Å². The number of anilines is 1. The van der Waals surface area contributed by atoms with Gasteiger partial charge in [0.25, 0.3) is 16.0 Å². The van der Waals surface area contributed by atoms with E-state index in [-0.39, 0.29) is 50.9 Å². The highest BCUT2D eigenvalue weighted by molar-refractivity contribution is 7.86. The number of fused-ring (bicyclic) bond motifs is 2. The first-order valence-electron chi connectivity index (χ1n) is 14.9. The molecule has 2 aliphatic rings. The van der Waals surface area contributed by atoms with E-state index in [1.54, 1.807) is 38.1 Å². The summed E-state index contributed by atoms with van der Waals surface area (Å²) in [5, 5.41) is 17.2. The second-order valence-electron chi connectivity index (χ2n) is 12.3. The van der Waals surface area contributed by atoms with Crippen LogP contribution < -0.4 is 16.0 Å². The summed E-state index contributed by atoms with van der Waals surface area (Å²) >= 11 is 0. The molecule has 11 heteroatoms. The van der Waals surface area contributed by atoms with Gasteiger partial charge in [-0.05, 0) is 80.0 Å². The fraction of sp³-hybridized carbons (Fsp3) is 0.382. The van der Waals surface area contributed by atoms with E-state index in [0.29, 0.717) is 35.5 Å². The summed E-state index contributed by atoms with van der Waals surface area (Å²) in [5.74, 6) is -1.53. The topological polar surface area (TPSA) is 158 Å². The highest BCUT2D eigenvalue weighted by atomic mass is 32.2. The molecule has 0 radical (unpaired) electrons. The molecule has 2 aromatic rings. The number of benzene rings is 3. The molecule has 2 aromatic carbocycles. The quantitative estimate of drug-likeness (QED) is 0.113. The number of carboxylic acids is 1. The van der Waals surface area contributed by atoms with Crippen molar-refractivity contribution in [3.63, 3.8) is 0 Å². The van der Waals surface area contributed by atoms with Crippen molar-refractivity contribution in [2.75, 3.05) is 25.0 Å².